The van der Waals surface area contributed by atoms with Crippen LogP contribution in [0.3, 0.4) is 0 Å². The van der Waals surface area contributed by atoms with Crippen LogP contribution < -0.4 is 5.32 Å². The van der Waals surface area contributed by atoms with E-state index in [-0.39, 0.29) is 18.1 Å². The number of fused-ring (bicyclic) bond motifs is 1. The summed E-state index contributed by atoms with van der Waals surface area (Å²) in [6, 6.07) is 10.4. The first-order valence-corrected chi connectivity index (χ1v) is 7.75. The molecule has 4 unspecified atom stereocenters. The van der Waals surface area contributed by atoms with Gasteiger partial charge in [-0.15, -0.1) is 0 Å². The molecule has 1 saturated carbocycles. The molecule has 0 amide bonds. The van der Waals surface area contributed by atoms with Crippen LogP contribution in [-0.2, 0) is 9.53 Å². The molecule has 1 aromatic rings. The lowest BCUT2D eigenvalue weighted by Crippen LogP contribution is -2.38. The smallest absolute Gasteiger partial charge is 0.323 e. The SMILES string of the molecule is CC(OC(=O)C1CC2CCCCC2N1)c1ccccc1. The Kier molecular flexibility index (Phi) is 4.06. The van der Waals surface area contributed by atoms with E-state index < -0.39 is 0 Å². The molecule has 1 N–H and O–H groups in total. The molecule has 0 spiro atoms. The largest absolute Gasteiger partial charge is 0.457 e. The zero-order valence-corrected chi connectivity index (χ0v) is 12.0. The van der Waals surface area contributed by atoms with E-state index in [1.165, 1.54) is 25.7 Å². The first-order valence-electron chi connectivity index (χ1n) is 7.75. The fourth-order valence-electron chi connectivity index (χ4n) is 3.55. The van der Waals surface area contributed by atoms with Gasteiger partial charge in [0.1, 0.15) is 12.1 Å². The average molecular weight is 273 g/mol. The summed E-state index contributed by atoms with van der Waals surface area (Å²) in [5.74, 6) is 0.587. The molecule has 3 nitrogen and oxygen atoms in total. The molecule has 4 atom stereocenters. The maximum atomic E-state index is 12.3. The lowest BCUT2D eigenvalue weighted by molar-refractivity contribution is -0.150. The van der Waals surface area contributed by atoms with Gasteiger partial charge >= 0.3 is 5.97 Å². The van der Waals surface area contributed by atoms with E-state index in [0.717, 1.165) is 12.0 Å². The zero-order valence-electron chi connectivity index (χ0n) is 12.0. The minimum Gasteiger partial charge on any atom is -0.457 e. The Morgan fingerprint density at radius 3 is 2.75 bits per heavy atom. The predicted octanol–water partition coefficient (Wildman–Crippen LogP) is 3.21. The Morgan fingerprint density at radius 2 is 2.00 bits per heavy atom. The van der Waals surface area contributed by atoms with Crippen LogP contribution in [0.2, 0.25) is 0 Å². The van der Waals surface area contributed by atoms with Crippen LogP contribution in [0, 0.1) is 5.92 Å². The monoisotopic (exact) mass is 273 g/mol. The van der Waals surface area contributed by atoms with Crippen molar-refractivity contribution in [3.63, 3.8) is 0 Å². The molecule has 108 valence electrons. The van der Waals surface area contributed by atoms with Crippen molar-refractivity contribution in [1.29, 1.82) is 0 Å². The van der Waals surface area contributed by atoms with Gasteiger partial charge in [-0.05, 0) is 37.7 Å². The molecule has 3 rings (SSSR count). The Labute approximate surface area is 120 Å². The van der Waals surface area contributed by atoms with Crippen LogP contribution in [0.4, 0.5) is 0 Å². The number of benzene rings is 1. The van der Waals surface area contributed by atoms with E-state index in [2.05, 4.69) is 5.32 Å². The molecule has 20 heavy (non-hydrogen) atoms. The van der Waals surface area contributed by atoms with Crippen molar-refractivity contribution in [2.24, 2.45) is 5.92 Å². The highest BCUT2D eigenvalue weighted by Crippen LogP contribution is 2.34. The molecule has 1 aliphatic carbocycles. The highest BCUT2D eigenvalue weighted by molar-refractivity contribution is 5.76. The van der Waals surface area contributed by atoms with Crippen molar-refractivity contribution in [3.8, 4) is 0 Å². The van der Waals surface area contributed by atoms with Crippen LogP contribution in [0.25, 0.3) is 0 Å². The second-order valence-corrected chi connectivity index (χ2v) is 6.10. The summed E-state index contributed by atoms with van der Waals surface area (Å²) in [5, 5.41) is 3.47. The molecule has 0 aromatic heterocycles. The number of esters is 1. The zero-order chi connectivity index (χ0) is 13.9. The Bertz CT molecular complexity index is 445. The van der Waals surface area contributed by atoms with Gasteiger partial charge < -0.3 is 10.1 Å². The van der Waals surface area contributed by atoms with Gasteiger partial charge in [0, 0.05) is 6.04 Å². The van der Waals surface area contributed by atoms with Gasteiger partial charge in [0.2, 0.25) is 0 Å². The maximum Gasteiger partial charge on any atom is 0.323 e. The Balaban J connectivity index is 1.57. The third kappa shape index (κ3) is 2.88. The van der Waals surface area contributed by atoms with Gasteiger partial charge in [0.15, 0.2) is 0 Å². The summed E-state index contributed by atoms with van der Waals surface area (Å²) < 4.78 is 5.62. The van der Waals surface area contributed by atoms with E-state index in [0.29, 0.717) is 12.0 Å². The highest BCUT2D eigenvalue weighted by Gasteiger charge is 2.39. The second-order valence-electron chi connectivity index (χ2n) is 6.10. The first-order chi connectivity index (χ1) is 9.74. The van der Waals surface area contributed by atoms with Crippen molar-refractivity contribution < 1.29 is 9.53 Å². The summed E-state index contributed by atoms with van der Waals surface area (Å²) in [7, 11) is 0. The molecular weight excluding hydrogens is 250 g/mol. The average Bonchev–Trinajstić information content (AvgIpc) is 2.92. The number of carbonyl (C=O) groups is 1. The van der Waals surface area contributed by atoms with E-state index in [1.807, 2.05) is 37.3 Å². The van der Waals surface area contributed by atoms with Gasteiger partial charge in [-0.25, -0.2) is 0 Å². The third-order valence-corrected chi connectivity index (χ3v) is 4.71. The molecule has 3 heteroatoms. The molecule has 1 aliphatic heterocycles. The number of carbonyl (C=O) groups excluding carboxylic acids is 1. The number of ether oxygens (including phenoxy) is 1. The maximum absolute atomic E-state index is 12.3. The fourth-order valence-corrected chi connectivity index (χ4v) is 3.55. The van der Waals surface area contributed by atoms with Gasteiger partial charge in [-0.2, -0.15) is 0 Å². The van der Waals surface area contributed by atoms with Gasteiger partial charge in [-0.1, -0.05) is 43.2 Å². The fraction of sp³-hybridized carbons (Fsp3) is 0.588. The van der Waals surface area contributed by atoms with E-state index in [1.54, 1.807) is 0 Å². The first kappa shape index (κ1) is 13.6. The lowest BCUT2D eigenvalue weighted by Gasteiger charge is -2.24. The predicted molar refractivity (Wildman–Crippen MR) is 78.2 cm³/mol. The summed E-state index contributed by atoms with van der Waals surface area (Å²) in [6.45, 7) is 1.94. The number of nitrogens with one attached hydrogen (secondary N) is 1. The van der Waals surface area contributed by atoms with Gasteiger partial charge in [0.25, 0.3) is 0 Å². The van der Waals surface area contributed by atoms with Crippen molar-refractivity contribution in [3.05, 3.63) is 35.9 Å². The molecule has 1 aromatic carbocycles. The Hall–Kier alpha value is -1.35. The number of hydrogen-bond acceptors (Lipinski definition) is 3. The number of rotatable bonds is 3. The van der Waals surface area contributed by atoms with Crippen molar-refractivity contribution in [2.75, 3.05) is 0 Å². The third-order valence-electron chi connectivity index (χ3n) is 4.71. The lowest BCUT2D eigenvalue weighted by atomic mass is 9.85. The standard InChI is InChI=1S/C17H23NO2/c1-12(13-7-3-2-4-8-13)20-17(19)16-11-14-9-5-6-10-15(14)18-16/h2-4,7-8,12,14-16,18H,5-6,9-11H2,1H3. The quantitative estimate of drug-likeness (QED) is 0.859. The molecule has 0 bridgehead atoms. The van der Waals surface area contributed by atoms with Crippen LogP contribution >= 0.6 is 0 Å². The van der Waals surface area contributed by atoms with Crippen LogP contribution in [0.15, 0.2) is 30.3 Å². The molecule has 2 fully saturated rings. The summed E-state index contributed by atoms with van der Waals surface area (Å²) >= 11 is 0. The van der Waals surface area contributed by atoms with Crippen LogP contribution in [-0.4, -0.2) is 18.1 Å². The van der Waals surface area contributed by atoms with E-state index in [4.69, 9.17) is 4.74 Å². The van der Waals surface area contributed by atoms with Crippen molar-refractivity contribution in [1.82, 2.24) is 5.32 Å². The molecule has 2 aliphatic rings. The summed E-state index contributed by atoms with van der Waals surface area (Å²) in [6.07, 6.45) is 5.85. The van der Waals surface area contributed by atoms with Crippen LogP contribution in [0.1, 0.15) is 50.7 Å². The van der Waals surface area contributed by atoms with Crippen LogP contribution in [0.5, 0.6) is 0 Å². The normalized spacial score (nSPS) is 30.6. The molecule has 1 saturated heterocycles. The van der Waals surface area contributed by atoms with Gasteiger partial charge in [0.05, 0.1) is 0 Å². The minimum atomic E-state index is -0.173. The minimum absolute atomic E-state index is 0.0873. The summed E-state index contributed by atoms with van der Waals surface area (Å²) in [4.78, 5) is 12.3. The van der Waals surface area contributed by atoms with Crippen molar-refractivity contribution in [2.45, 2.75) is 57.2 Å². The molecule has 1 heterocycles. The van der Waals surface area contributed by atoms with E-state index >= 15 is 0 Å². The molecular formula is C17H23NO2. The molecule has 0 radical (unpaired) electrons. The second kappa shape index (κ2) is 5.96. The topological polar surface area (TPSA) is 38.3 Å². The van der Waals surface area contributed by atoms with Crippen molar-refractivity contribution >= 4 is 5.97 Å². The number of hydrogen-bond donors (Lipinski definition) is 1. The van der Waals surface area contributed by atoms with E-state index in [9.17, 15) is 4.79 Å². The summed E-state index contributed by atoms with van der Waals surface area (Å²) in [5.41, 5.74) is 1.05. The van der Waals surface area contributed by atoms with Gasteiger partial charge in [-0.3, -0.25) is 4.79 Å². The highest BCUT2D eigenvalue weighted by atomic mass is 16.5. The Morgan fingerprint density at radius 1 is 1.25 bits per heavy atom.